The van der Waals surface area contributed by atoms with Gasteiger partial charge in [-0.3, -0.25) is 9.88 Å². The van der Waals surface area contributed by atoms with Crippen LogP contribution in [0.1, 0.15) is 29.7 Å². The highest BCUT2D eigenvalue weighted by Crippen LogP contribution is 2.35. The molecular weight excluding hydrogens is 586 g/mol. The molecule has 5 rings (SSSR count). The summed E-state index contributed by atoms with van der Waals surface area (Å²) < 4.78 is 49.0. The second kappa shape index (κ2) is 12.9. The first-order valence-electron chi connectivity index (χ1n) is 13.9. The Morgan fingerprint density at radius 1 is 1.09 bits per heavy atom. The van der Waals surface area contributed by atoms with Crippen LogP contribution in [0.15, 0.2) is 77.1 Å². The summed E-state index contributed by atoms with van der Waals surface area (Å²) in [7, 11) is -3.23. The SMILES string of the molecule is CS(=O)(=O)c1ccc(CN2C3CCC2CN(c2ccc(-c4cc(C(C=NC(F)F)=CN)cnc4C(C#N)=CN)cn2)C3)cc1. The molecule has 2 aromatic heterocycles. The van der Waals surface area contributed by atoms with Crippen molar-refractivity contribution in [2.45, 2.75) is 42.9 Å². The molecule has 4 heterocycles. The van der Waals surface area contributed by atoms with E-state index in [0.717, 1.165) is 56.3 Å². The Labute approximate surface area is 255 Å². The molecule has 2 aliphatic rings. The van der Waals surface area contributed by atoms with Gasteiger partial charge in [0.15, 0.2) is 9.84 Å². The molecule has 2 bridgehead atoms. The van der Waals surface area contributed by atoms with E-state index in [0.29, 0.717) is 39.4 Å². The molecule has 2 unspecified atom stereocenters. The predicted molar refractivity (Wildman–Crippen MR) is 166 cm³/mol. The van der Waals surface area contributed by atoms with Crippen molar-refractivity contribution in [3.05, 3.63) is 84.1 Å². The zero-order valence-electron chi connectivity index (χ0n) is 24.0. The number of aliphatic imine (C=N–C) groups is 1. The van der Waals surface area contributed by atoms with E-state index in [1.165, 1.54) is 18.7 Å². The van der Waals surface area contributed by atoms with Gasteiger partial charge in [-0.1, -0.05) is 12.1 Å². The lowest BCUT2D eigenvalue weighted by atomic mass is 9.97. The molecule has 2 fully saturated rings. The van der Waals surface area contributed by atoms with E-state index in [4.69, 9.17) is 16.5 Å². The largest absolute Gasteiger partial charge is 0.404 e. The monoisotopic (exact) mass is 618 g/mol. The molecule has 4 N–H and O–H groups in total. The molecule has 0 spiro atoms. The molecule has 10 nitrogen and oxygen atoms in total. The van der Waals surface area contributed by atoms with Crippen LogP contribution in [0.25, 0.3) is 22.3 Å². The summed E-state index contributed by atoms with van der Waals surface area (Å²) >= 11 is 0. The number of rotatable bonds is 9. The maximum absolute atomic E-state index is 12.7. The van der Waals surface area contributed by atoms with Crippen LogP contribution in [0.2, 0.25) is 0 Å². The molecule has 3 aromatic rings. The smallest absolute Gasteiger partial charge is 0.331 e. The van der Waals surface area contributed by atoms with E-state index in [1.807, 2.05) is 30.3 Å². The maximum atomic E-state index is 12.7. The number of benzene rings is 1. The Kier molecular flexibility index (Phi) is 9.03. The van der Waals surface area contributed by atoms with Gasteiger partial charge >= 0.3 is 6.55 Å². The van der Waals surface area contributed by atoms with Crippen LogP contribution < -0.4 is 16.4 Å². The fraction of sp³-hybridized carbons (Fsp3) is 0.290. The highest BCUT2D eigenvalue weighted by atomic mass is 32.2. The van der Waals surface area contributed by atoms with Crippen LogP contribution >= 0.6 is 0 Å². The van der Waals surface area contributed by atoms with Crippen molar-refractivity contribution in [1.82, 2.24) is 14.9 Å². The zero-order chi connectivity index (χ0) is 31.4. The van der Waals surface area contributed by atoms with Crippen molar-refractivity contribution in [2.24, 2.45) is 16.5 Å². The van der Waals surface area contributed by atoms with Crippen molar-refractivity contribution < 1.29 is 17.2 Å². The minimum absolute atomic E-state index is 0.147. The number of aromatic nitrogens is 2. The zero-order valence-corrected chi connectivity index (χ0v) is 24.8. The van der Waals surface area contributed by atoms with Crippen molar-refractivity contribution in [1.29, 1.82) is 5.26 Å². The number of hydrogen-bond acceptors (Lipinski definition) is 10. The summed E-state index contributed by atoms with van der Waals surface area (Å²) in [6, 6.07) is 15.3. The summed E-state index contributed by atoms with van der Waals surface area (Å²) in [5, 5.41) is 9.62. The van der Waals surface area contributed by atoms with Gasteiger partial charge in [-0.05, 0) is 48.7 Å². The average molecular weight is 619 g/mol. The third-order valence-electron chi connectivity index (χ3n) is 8.00. The number of fused-ring (bicyclic) bond motifs is 2. The Morgan fingerprint density at radius 2 is 1.80 bits per heavy atom. The number of hydrogen-bond donors (Lipinski definition) is 2. The molecule has 44 heavy (non-hydrogen) atoms. The Bertz CT molecular complexity index is 1740. The van der Waals surface area contributed by atoms with Crippen LogP contribution in [0.5, 0.6) is 0 Å². The van der Waals surface area contributed by atoms with Gasteiger partial charge in [0.1, 0.15) is 11.9 Å². The van der Waals surface area contributed by atoms with Gasteiger partial charge in [0.05, 0.1) is 16.2 Å². The summed E-state index contributed by atoms with van der Waals surface area (Å²) in [6.45, 7) is -0.530. The summed E-state index contributed by atoms with van der Waals surface area (Å²) in [6.07, 6.45) is 9.77. The lowest BCUT2D eigenvalue weighted by molar-refractivity contribution is 0.160. The minimum atomic E-state index is -3.23. The molecule has 13 heteroatoms. The number of pyridine rings is 2. The van der Waals surface area contributed by atoms with Gasteiger partial charge < -0.3 is 16.4 Å². The number of nitrogens with two attached hydrogens (primary N) is 2. The third kappa shape index (κ3) is 6.61. The van der Waals surface area contributed by atoms with E-state index in [-0.39, 0.29) is 11.1 Å². The van der Waals surface area contributed by atoms with Crippen LogP contribution in [0.3, 0.4) is 0 Å². The van der Waals surface area contributed by atoms with Crippen LogP contribution in [0, 0.1) is 11.3 Å². The van der Waals surface area contributed by atoms with Gasteiger partial charge in [0, 0.05) is 91.2 Å². The van der Waals surface area contributed by atoms with Gasteiger partial charge in [0.2, 0.25) is 0 Å². The van der Waals surface area contributed by atoms with Gasteiger partial charge in [-0.15, -0.1) is 0 Å². The number of anilines is 1. The molecule has 0 saturated carbocycles. The molecule has 1 aromatic carbocycles. The maximum Gasteiger partial charge on any atom is 0.331 e. The average Bonchev–Trinajstić information content (AvgIpc) is 3.23. The molecule has 2 saturated heterocycles. The van der Waals surface area contributed by atoms with Crippen molar-refractivity contribution in [2.75, 3.05) is 24.2 Å². The molecule has 0 aliphatic carbocycles. The van der Waals surface area contributed by atoms with E-state index in [1.54, 1.807) is 24.4 Å². The first-order chi connectivity index (χ1) is 21.1. The number of nitrogens with zero attached hydrogens (tertiary/aromatic N) is 6. The molecule has 0 radical (unpaired) electrons. The van der Waals surface area contributed by atoms with Crippen LogP contribution in [-0.4, -0.2) is 67.5 Å². The van der Waals surface area contributed by atoms with Crippen LogP contribution in [0.4, 0.5) is 14.6 Å². The summed E-state index contributed by atoms with van der Waals surface area (Å²) in [5.41, 5.74) is 14.8. The number of piperazine rings is 1. The van der Waals surface area contributed by atoms with Gasteiger partial charge in [-0.2, -0.15) is 14.0 Å². The lowest BCUT2D eigenvalue weighted by Gasteiger charge is -2.41. The molecular formula is C31H32F2N8O2S. The van der Waals surface area contributed by atoms with E-state index >= 15 is 0 Å². The van der Waals surface area contributed by atoms with E-state index in [9.17, 15) is 22.5 Å². The summed E-state index contributed by atoms with van der Waals surface area (Å²) in [5.74, 6) is 0.815. The van der Waals surface area contributed by atoms with Crippen molar-refractivity contribution >= 4 is 33.0 Å². The number of nitriles is 1. The fourth-order valence-electron chi connectivity index (χ4n) is 5.80. The summed E-state index contributed by atoms with van der Waals surface area (Å²) in [4.78, 5) is 17.4. The number of sulfone groups is 1. The normalized spacial score (nSPS) is 19.6. The molecule has 0 amide bonds. The standard InChI is InChI=1S/C31H32F2N8O2S/c1-44(42,43)27-7-2-20(3-8-27)17-41-25-5-6-26(41)19-40(18-25)29-9-4-21(14-37-29)28-10-22(24(13-36)16-39-31(32)33)15-38-30(28)23(11-34)12-35/h2-4,7-11,13-16,25-26,31H,5-6,17-19,34,36H2,1H3. The quantitative estimate of drug-likeness (QED) is 0.207. The lowest BCUT2D eigenvalue weighted by Crippen LogP contribution is -2.53. The van der Waals surface area contributed by atoms with Gasteiger partial charge in [-0.25, -0.2) is 18.4 Å². The predicted octanol–water partition coefficient (Wildman–Crippen LogP) is 3.82. The van der Waals surface area contributed by atoms with Crippen molar-refractivity contribution in [3.63, 3.8) is 0 Å². The molecule has 2 aliphatic heterocycles. The van der Waals surface area contributed by atoms with E-state index < -0.39 is 16.4 Å². The third-order valence-corrected chi connectivity index (χ3v) is 9.13. The fourth-order valence-corrected chi connectivity index (χ4v) is 6.43. The Balaban J connectivity index is 1.36. The second-order valence-electron chi connectivity index (χ2n) is 10.8. The highest BCUT2D eigenvalue weighted by molar-refractivity contribution is 7.90. The first kappa shape index (κ1) is 30.8. The first-order valence-corrected chi connectivity index (χ1v) is 15.8. The topological polar surface area (TPSA) is 155 Å². The Morgan fingerprint density at radius 3 is 2.34 bits per heavy atom. The van der Waals surface area contributed by atoms with Gasteiger partial charge in [0.25, 0.3) is 0 Å². The second-order valence-corrected chi connectivity index (χ2v) is 12.8. The van der Waals surface area contributed by atoms with Crippen LogP contribution in [-0.2, 0) is 16.4 Å². The molecule has 2 atom stereocenters. The van der Waals surface area contributed by atoms with Crippen molar-refractivity contribution in [3.8, 4) is 17.2 Å². The number of alkyl halides is 2. The van der Waals surface area contributed by atoms with E-state index in [2.05, 4.69) is 19.8 Å². The molecule has 228 valence electrons. The number of halogens is 2. The number of allylic oxidation sites excluding steroid dienone is 2. The highest BCUT2D eigenvalue weighted by Gasteiger charge is 2.40. The Hall–Kier alpha value is -4.67. The minimum Gasteiger partial charge on any atom is -0.404 e.